The summed E-state index contributed by atoms with van der Waals surface area (Å²) in [5, 5.41) is 3.09. The SMILES string of the molecule is CCOC(=O)C(CNc1ncc(Br)cn1)Cc1ccccc1. The lowest BCUT2D eigenvalue weighted by Crippen LogP contribution is -2.27. The first kappa shape index (κ1) is 16.4. The van der Waals surface area contributed by atoms with Crippen molar-refractivity contribution in [2.45, 2.75) is 13.3 Å². The maximum atomic E-state index is 12.1. The summed E-state index contributed by atoms with van der Waals surface area (Å²) in [7, 11) is 0. The Hall–Kier alpha value is -1.95. The Morgan fingerprint density at radius 3 is 2.59 bits per heavy atom. The van der Waals surface area contributed by atoms with Crippen LogP contribution in [0.4, 0.5) is 5.95 Å². The van der Waals surface area contributed by atoms with E-state index in [0.717, 1.165) is 10.0 Å². The van der Waals surface area contributed by atoms with E-state index in [-0.39, 0.29) is 11.9 Å². The molecule has 0 amide bonds. The Labute approximate surface area is 138 Å². The van der Waals surface area contributed by atoms with Crippen LogP contribution in [-0.4, -0.2) is 29.1 Å². The molecule has 116 valence electrons. The number of hydrogen-bond acceptors (Lipinski definition) is 5. The first-order valence-electron chi connectivity index (χ1n) is 7.11. The van der Waals surface area contributed by atoms with Gasteiger partial charge in [0.05, 0.1) is 17.0 Å². The van der Waals surface area contributed by atoms with Crippen LogP contribution in [0.2, 0.25) is 0 Å². The minimum atomic E-state index is -0.283. The number of carbonyl (C=O) groups excluding carboxylic acids is 1. The molecule has 0 bridgehead atoms. The summed E-state index contributed by atoms with van der Waals surface area (Å²) in [4.78, 5) is 20.4. The number of esters is 1. The number of halogens is 1. The number of benzene rings is 1. The lowest BCUT2D eigenvalue weighted by molar-refractivity contribution is -0.147. The van der Waals surface area contributed by atoms with E-state index in [1.54, 1.807) is 12.4 Å². The second-order valence-corrected chi connectivity index (χ2v) is 5.66. The van der Waals surface area contributed by atoms with Gasteiger partial charge in [-0.3, -0.25) is 4.79 Å². The van der Waals surface area contributed by atoms with E-state index in [1.165, 1.54) is 0 Å². The van der Waals surface area contributed by atoms with Gasteiger partial charge in [0.25, 0.3) is 0 Å². The fourth-order valence-corrected chi connectivity index (χ4v) is 2.22. The maximum Gasteiger partial charge on any atom is 0.311 e. The molecule has 2 aromatic rings. The number of nitrogens with one attached hydrogen (secondary N) is 1. The first-order valence-corrected chi connectivity index (χ1v) is 7.90. The van der Waals surface area contributed by atoms with Crippen LogP contribution in [0.5, 0.6) is 0 Å². The molecule has 2 rings (SSSR count). The van der Waals surface area contributed by atoms with Crippen molar-refractivity contribution >= 4 is 27.8 Å². The van der Waals surface area contributed by atoms with Crippen LogP contribution in [0.15, 0.2) is 47.2 Å². The molecule has 1 N–H and O–H groups in total. The average Bonchev–Trinajstić information content (AvgIpc) is 2.54. The molecule has 1 aromatic carbocycles. The van der Waals surface area contributed by atoms with Crippen LogP contribution in [0.3, 0.4) is 0 Å². The molecule has 1 unspecified atom stereocenters. The lowest BCUT2D eigenvalue weighted by atomic mass is 9.99. The third kappa shape index (κ3) is 5.11. The number of hydrogen-bond donors (Lipinski definition) is 1. The summed E-state index contributed by atoms with van der Waals surface area (Å²) >= 11 is 3.29. The molecule has 0 aliphatic rings. The molecule has 0 aliphatic heterocycles. The van der Waals surface area contributed by atoms with Gasteiger partial charge < -0.3 is 10.1 Å². The summed E-state index contributed by atoms with van der Waals surface area (Å²) in [6.07, 6.45) is 3.93. The summed E-state index contributed by atoms with van der Waals surface area (Å²) in [6, 6.07) is 9.88. The smallest absolute Gasteiger partial charge is 0.311 e. The zero-order chi connectivity index (χ0) is 15.8. The highest BCUT2D eigenvalue weighted by Crippen LogP contribution is 2.12. The predicted octanol–water partition coefficient (Wildman–Crippen LogP) is 3.07. The minimum absolute atomic E-state index is 0.212. The Bertz CT molecular complexity index is 590. The van der Waals surface area contributed by atoms with Gasteiger partial charge in [0.1, 0.15) is 0 Å². The molecule has 0 spiro atoms. The second kappa shape index (κ2) is 8.48. The number of carbonyl (C=O) groups is 1. The molecule has 5 nitrogen and oxygen atoms in total. The largest absolute Gasteiger partial charge is 0.466 e. The first-order chi connectivity index (χ1) is 10.7. The van der Waals surface area contributed by atoms with Gasteiger partial charge in [0, 0.05) is 18.9 Å². The Morgan fingerprint density at radius 1 is 1.27 bits per heavy atom. The molecule has 1 atom stereocenters. The molecular weight excluding hydrogens is 346 g/mol. The van der Waals surface area contributed by atoms with E-state index in [2.05, 4.69) is 31.2 Å². The highest BCUT2D eigenvalue weighted by Gasteiger charge is 2.20. The van der Waals surface area contributed by atoms with E-state index in [0.29, 0.717) is 25.5 Å². The van der Waals surface area contributed by atoms with Crippen molar-refractivity contribution in [2.75, 3.05) is 18.5 Å². The van der Waals surface area contributed by atoms with Gasteiger partial charge in [-0.05, 0) is 34.8 Å². The van der Waals surface area contributed by atoms with Crippen molar-refractivity contribution < 1.29 is 9.53 Å². The zero-order valence-corrected chi connectivity index (χ0v) is 13.9. The standard InChI is InChI=1S/C16H18BrN3O2/c1-2-22-15(21)13(8-12-6-4-3-5-7-12)9-18-16-19-10-14(17)11-20-16/h3-7,10-11,13H,2,8-9H2,1H3,(H,18,19,20). The van der Waals surface area contributed by atoms with Crippen molar-refractivity contribution in [3.05, 3.63) is 52.8 Å². The van der Waals surface area contributed by atoms with Crippen LogP contribution >= 0.6 is 15.9 Å². The van der Waals surface area contributed by atoms with Crippen LogP contribution in [0.1, 0.15) is 12.5 Å². The second-order valence-electron chi connectivity index (χ2n) is 4.74. The Morgan fingerprint density at radius 2 is 1.95 bits per heavy atom. The normalized spacial score (nSPS) is 11.7. The third-order valence-electron chi connectivity index (χ3n) is 3.07. The van der Waals surface area contributed by atoms with E-state index in [4.69, 9.17) is 4.74 Å². The fourth-order valence-electron chi connectivity index (χ4n) is 2.02. The number of aromatic nitrogens is 2. The quantitative estimate of drug-likeness (QED) is 0.765. The topological polar surface area (TPSA) is 64.1 Å². The molecule has 0 saturated heterocycles. The molecule has 6 heteroatoms. The highest BCUT2D eigenvalue weighted by atomic mass is 79.9. The molecule has 22 heavy (non-hydrogen) atoms. The number of nitrogens with zero attached hydrogens (tertiary/aromatic N) is 2. The van der Waals surface area contributed by atoms with E-state index >= 15 is 0 Å². The van der Waals surface area contributed by atoms with Crippen molar-refractivity contribution in [3.63, 3.8) is 0 Å². The van der Waals surface area contributed by atoms with E-state index in [1.807, 2.05) is 37.3 Å². The van der Waals surface area contributed by atoms with Crippen molar-refractivity contribution in [2.24, 2.45) is 5.92 Å². The van der Waals surface area contributed by atoms with Gasteiger partial charge in [-0.2, -0.15) is 0 Å². The summed E-state index contributed by atoms with van der Waals surface area (Å²) < 4.78 is 5.97. The van der Waals surface area contributed by atoms with Gasteiger partial charge in [-0.25, -0.2) is 9.97 Å². The molecule has 0 fully saturated rings. The van der Waals surface area contributed by atoms with Crippen molar-refractivity contribution in [3.8, 4) is 0 Å². The summed E-state index contributed by atoms with van der Waals surface area (Å²) in [5.41, 5.74) is 1.10. The van der Waals surface area contributed by atoms with Crippen LogP contribution in [0.25, 0.3) is 0 Å². The van der Waals surface area contributed by atoms with Gasteiger partial charge in [-0.1, -0.05) is 30.3 Å². The average molecular weight is 364 g/mol. The van der Waals surface area contributed by atoms with Gasteiger partial charge in [-0.15, -0.1) is 0 Å². The van der Waals surface area contributed by atoms with Crippen LogP contribution < -0.4 is 5.32 Å². The molecule has 1 aromatic heterocycles. The van der Waals surface area contributed by atoms with E-state index < -0.39 is 0 Å². The van der Waals surface area contributed by atoms with Crippen molar-refractivity contribution in [1.82, 2.24) is 9.97 Å². The predicted molar refractivity (Wildman–Crippen MR) is 88.5 cm³/mol. The monoisotopic (exact) mass is 363 g/mol. The Kier molecular flexibility index (Phi) is 6.33. The van der Waals surface area contributed by atoms with Gasteiger partial charge in [0.2, 0.25) is 5.95 Å². The maximum absolute atomic E-state index is 12.1. The molecular formula is C16H18BrN3O2. The fraction of sp³-hybridized carbons (Fsp3) is 0.312. The van der Waals surface area contributed by atoms with Crippen molar-refractivity contribution in [1.29, 1.82) is 0 Å². The number of ether oxygens (including phenoxy) is 1. The summed E-state index contributed by atoms with van der Waals surface area (Å²) in [6.45, 7) is 2.61. The lowest BCUT2D eigenvalue weighted by Gasteiger charge is -2.16. The zero-order valence-electron chi connectivity index (χ0n) is 12.3. The molecule has 0 aliphatic carbocycles. The highest BCUT2D eigenvalue weighted by molar-refractivity contribution is 9.10. The van der Waals surface area contributed by atoms with Gasteiger partial charge in [0.15, 0.2) is 0 Å². The molecule has 0 saturated carbocycles. The van der Waals surface area contributed by atoms with E-state index in [9.17, 15) is 4.79 Å². The van der Waals surface area contributed by atoms with Crippen LogP contribution in [-0.2, 0) is 16.0 Å². The molecule has 1 heterocycles. The minimum Gasteiger partial charge on any atom is -0.466 e. The molecule has 0 radical (unpaired) electrons. The Balaban J connectivity index is 2.00. The number of anilines is 1. The van der Waals surface area contributed by atoms with Gasteiger partial charge >= 0.3 is 5.97 Å². The van der Waals surface area contributed by atoms with Crippen LogP contribution in [0, 0.1) is 5.92 Å². The number of rotatable bonds is 7. The summed E-state index contributed by atoms with van der Waals surface area (Å²) in [5.74, 6) is -0.00359. The third-order valence-corrected chi connectivity index (χ3v) is 3.48.